The molecule has 0 atom stereocenters. The summed E-state index contributed by atoms with van der Waals surface area (Å²) in [7, 11) is 1.68. The van der Waals surface area contributed by atoms with Crippen molar-refractivity contribution < 1.29 is 9.47 Å². The van der Waals surface area contributed by atoms with E-state index in [4.69, 9.17) is 14.6 Å². The van der Waals surface area contributed by atoms with E-state index in [2.05, 4.69) is 34.7 Å². The van der Waals surface area contributed by atoms with Crippen LogP contribution in [0.3, 0.4) is 0 Å². The van der Waals surface area contributed by atoms with E-state index in [1.54, 1.807) is 19.5 Å². The molecule has 0 unspecified atom stereocenters. The van der Waals surface area contributed by atoms with Crippen LogP contribution >= 0.6 is 0 Å². The van der Waals surface area contributed by atoms with Crippen molar-refractivity contribution in [2.45, 2.75) is 13.0 Å². The Kier molecular flexibility index (Phi) is 6.92. The Morgan fingerprint density at radius 2 is 1.84 bits per heavy atom. The summed E-state index contributed by atoms with van der Waals surface area (Å²) in [5, 5.41) is 8.38. The van der Waals surface area contributed by atoms with Crippen LogP contribution in [0.2, 0.25) is 0 Å². The van der Waals surface area contributed by atoms with Gasteiger partial charge in [0, 0.05) is 30.1 Å². The number of hydrogen-bond donors (Lipinski definition) is 1. The van der Waals surface area contributed by atoms with E-state index >= 15 is 0 Å². The topological polar surface area (TPSA) is 61.2 Å². The molecule has 2 heterocycles. The lowest BCUT2D eigenvalue weighted by atomic mass is 10.1. The maximum absolute atomic E-state index is 5.71. The van der Waals surface area contributed by atoms with Crippen LogP contribution in [0.25, 0.3) is 16.9 Å². The molecule has 4 rings (SSSR count). The zero-order chi connectivity index (χ0) is 21.3. The highest BCUT2D eigenvalue weighted by molar-refractivity contribution is 5.65. The second-order valence-corrected chi connectivity index (χ2v) is 7.08. The molecule has 0 fully saturated rings. The summed E-state index contributed by atoms with van der Waals surface area (Å²) in [6, 6.07) is 21.9. The van der Waals surface area contributed by atoms with E-state index in [1.807, 2.05) is 53.2 Å². The van der Waals surface area contributed by atoms with Crippen LogP contribution in [-0.2, 0) is 6.54 Å². The van der Waals surface area contributed by atoms with Gasteiger partial charge in [-0.15, -0.1) is 0 Å². The predicted octanol–water partition coefficient (Wildman–Crippen LogP) is 4.50. The Hall–Kier alpha value is -3.64. The zero-order valence-corrected chi connectivity index (χ0v) is 17.6. The van der Waals surface area contributed by atoms with Crippen molar-refractivity contribution in [2.24, 2.45) is 0 Å². The molecule has 158 valence electrons. The molecule has 31 heavy (non-hydrogen) atoms. The number of pyridine rings is 1. The van der Waals surface area contributed by atoms with E-state index in [0.717, 1.165) is 47.0 Å². The SMILES string of the molecule is COc1cccc(-c2nn(-c3ccccc3)cc2CNCCCOc2cccnc2)c1. The summed E-state index contributed by atoms with van der Waals surface area (Å²) in [5.74, 6) is 1.62. The first-order valence-corrected chi connectivity index (χ1v) is 10.4. The van der Waals surface area contributed by atoms with E-state index < -0.39 is 0 Å². The first kappa shape index (κ1) is 20.6. The first-order chi connectivity index (χ1) is 15.3. The number of aromatic nitrogens is 3. The van der Waals surface area contributed by atoms with Gasteiger partial charge in [0.05, 0.1) is 31.3 Å². The number of ether oxygens (including phenoxy) is 2. The van der Waals surface area contributed by atoms with Gasteiger partial charge in [-0.1, -0.05) is 30.3 Å². The number of nitrogens with zero attached hydrogens (tertiary/aromatic N) is 3. The molecule has 0 aliphatic heterocycles. The number of hydrogen-bond acceptors (Lipinski definition) is 5. The van der Waals surface area contributed by atoms with Crippen LogP contribution in [0, 0.1) is 0 Å². The Balaban J connectivity index is 1.43. The number of rotatable bonds is 10. The summed E-state index contributed by atoms with van der Waals surface area (Å²) in [4.78, 5) is 4.06. The van der Waals surface area contributed by atoms with Gasteiger partial charge in [0.25, 0.3) is 0 Å². The number of para-hydroxylation sites is 1. The Morgan fingerprint density at radius 3 is 2.65 bits per heavy atom. The zero-order valence-electron chi connectivity index (χ0n) is 17.6. The fourth-order valence-corrected chi connectivity index (χ4v) is 3.31. The molecule has 0 radical (unpaired) electrons. The summed E-state index contributed by atoms with van der Waals surface area (Å²) < 4.78 is 13.0. The summed E-state index contributed by atoms with van der Waals surface area (Å²) >= 11 is 0. The Bertz CT molecular complexity index is 1080. The maximum Gasteiger partial charge on any atom is 0.137 e. The number of nitrogens with one attached hydrogen (secondary N) is 1. The van der Waals surface area contributed by atoms with Gasteiger partial charge >= 0.3 is 0 Å². The van der Waals surface area contributed by atoms with Gasteiger partial charge in [0.15, 0.2) is 0 Å². The molecule has 1 N–H and O–H groups in total. The lowest BCUT2D eigenvalue weighted by molar-refractivity contribution is 0.307. The molecule has 0 saturated carbocycles. The van der Waals surface area contributed by atoms with Gasteiger partial charge in [-0.25, -0.2) is 4.68 Å². The molecule has 0 aliphatic rings. The van der Waals surface area contributed by atoms with Crippen molar-refractivity contribution >= 4 is 0 Å². The van der Waals surface area contributed by atoms with Gasteiger partial charge in [0.2, 0.25) is 0 Å². The quantitative estimate of drug-likeness (QED) is 0.387. The highest BCUT2D eigenvalue weighted by atomic mass is 16.5. The molecule has 2 aromatic carbocycles. The average molecular weight is 415 g/mol. The lowest BCUT2D eigenvalue weighted by Crippen LogP contribution is -2.17. The number of benzene rings is 2. The highest BCUT2D eigenvalue weighted by Crippen LogP contribution is 2.27. The normalized spacial score (nSPS) is 10.7. The van der Waals surface area contributed by atoms with Crippen molar-refractivity contribution in [2.75, 3.05) is 20.3 Å². The molecular weight excluding hydrogens is 388 g/mol. The minimum Gasteiger partial charge on any atom is -0.497 e. The van der Waals surface area contributed by atoms with Crippen molar-refractivity contribution in [1.82, 2.24) is 20.1 Å². The highest BCUT2D eigenvalue weighted by Gasteiger charge is 2.13. The smallest absolute Gasteiger partial charge is 0.137 e. The molecule has 0 spiro atoms. The van der Waals surface area contributed by atoms with E-state index in [-0.39, 0.29) is 0 Å². The summed E-state index contributed by atoms with van der Waals surface area (Å²) in [5.41, 5.74) is 4.14. The van der Waals surface area contributed by atoms with E-state index in [0.29, 0.717) is 13.2 Å². The first-order valence-electron chi connectivity index (χ1n) is 10.4. The summed E-state index contributed by atoms with van der Waals surface area (Å²) in [6.45, 7) is 2.20. The van der Waals surface area contributed by atoms with Crippen molar-refractivity contribution in [1.29, 1.82) is 0 Å². The Labute approximate surface area is 182 Å². The van der Waals surface area contributed by atoms with Crippen LogP contribution in [0.15, 0.2) is 85.3 Å². The summed E-state index contributed by atoms with van der Waals surface area (Å²) in [6.07, 6.45) is 6.45. The van der Waals surface area contributed by atoms with Crippen molar-refractivity contribution in [3.8, 4) is 28.4 Å². The van der Waals surface area contributed by atoms with Crippen molar-refractivity contribution in [3.63, 3.8) is 0 Å². The maximum atomic E-state index is 5.71. The molecule has 6 nitrogen and oxygen atoms in total. The third-order valence-electron chi connectivity index (χ3n) is 4.87. The average Bonchev–Trinajstić information content (AvgIpc) is 3.27. The van der Waals surface area contributed by atoms with Gasteiger partial charge < -0.3 is 14.8 Å². The molecular formula is C25H26N4O2. The van der Waals surface area contributed by atoms with Gasteiger partial charge in [0.1, 0.15) is 11.5 Å². The van der Waals surface area contributed by atoms with Crippen LogP contribution < -0.4 is 14.8 Å². The molecule has 0 saturated heterocycles. The monoisotopic (exact) mass is 414 g/mol. The Morgan fingerprint density at radius 1 is 0.968 bits per heavy atom. The largest absolute Gasteiger partial charge is 0.497 e. The lowest BCUT2D eigenvalue weighted by Gasteiger charge is -2.08. The standard InChI is InChI=1S/C25H26N4O2/c1-30-23-11-5-8-20(16-23)25-21(19-29(28-25)22-9-3-2-4-10-22)17-26-14-7-15-31-24-12-6-13-27-18-24/h2-6,8-13,16,18-19,26H,7,14-15,17H2,1H3. The van der Waals surface area contributed by atoms with E-state index in [9.17, 15) is 0 Å². The predicted molar refractivity (Wildman–Crippen MR) is 122 cm³/mol. The van der Waals surface area contributed by atoms with Crippen LogP contribution in [0.5, 0.6) is 11.5 Å². The van der Waals surface area contributed by atoms with Crippen molar-refractivity contribution in [3.05, 3.63) is 90.9 Å². The fraction of sp³-hybridized carbons (Fsp3) is 0.200. The van der Waals surface area contributed by atoms with E-state index in [1.165, 1.54) is 0 Å². The van der Waals surface area contributed by atoms with Crippen LogP contribution in [0.4, 0.5) is 0 Å². The molecule has 0 aliphatic carbocycles. The van der Waals surface area contributed by atoms with Gasteiger partial charge in [-0.05, 0) is 49.4 Å². The molecule has 2 aromatic heterocycles. The third kappa shape index (κ3) is 5.49. The van der Waals surface area contributed by atoms with Gasteiger partial charge in [-0.2, -0.15) is 5.10 Å². The van der Waals surface area contributed by atoms with Crippen LogP contribution in [0.1, 0.15) is 12.0 Å². The van der Waals surface area contributed by atoms with Gasteiger partial charge in [-0.3, -0.25) is 4.98 Å². The molecule has 6 heteroatoms. The molecule has 4 aromatic rings. The second kappa shape index (κ2) is 10.4. The second-order valence-electron chi connectivity index (χ2n) is 7.08. The fourth-order valence-electron chi connectivity index (χ4n) is 3.31. The third-order valence-corrected chi connectivity index (χ3v) is 4.87. The number of methoxy groups -OCH3 is 1. The molecule has 0 amide bonds. The minimum absolute atomic E-state index is 0.644. The molecule has 0 bridgehead atoms. The van der Waals surface area contributed by atoms with Crippen LogP contribution in [-0.4, -0.2) is 35.0 Å². The minimum atomic E-state index is 0.644.